The molecule has 0 fully saturated rings. The Labute approximate surface area is 98.0 Å². The Bertz CT molecular complexity index is 365. The van der Waals surface area contributed by atoms with Gasteiger partial charge in [-0.25, -0.2) is 4.79 Å². The van der Waals surface area contributed by atoms with Gasteiger partial charge in [-0.15, -0.1) is 0 Å². The lowest BCUT2D eigenvalue weighted by atomic mass is 10.2. The van der Waals surface area contributed by atoms with Crippen LogP contribution in [0.4, 0.5) is 4.79 Å². The van der Waals surface area contributed by atoms with Crippen LogP contribution in [0.5, 0.6) is 0 Å². The molecule has 0 aliphatic carbocycles. The van der Waals surface area contributed by atoms with Crippen LogP contribution >= 0.6 is 23.4 Å². The number of carbonyl (C=O) groups excluding carboxylic acids is 1. The fourth-order valence-corrected chi connectivity index (χ4v) is 1.35. The van der Waals surface area contributed by atoms with Crippen LogP contribution in [0.25, 0.3) is 5.03 Å². The van der Waals surface area contributed by atoms with Crippen molar-refractivity contribution < 1.29 is 9.53 Å². The number of nitrogens with zero attached hydrogens (tertiary/aromatic N) is 1. The van der Waals surface area contributed by atoms with Gasteiger partial charge in [0.25, 0.3) is 0 Å². The van der Waals surface area contributed by atoms with E-state index in [9.17, 15) is 4.79 Å². The second-order valence-corrected chi connectivity index (χ2v) is 3.40. The topological polar surface area (TPSA) is 29.5 Å². The summed E-state index contributed by atoms with van der Waals surface area (Å²) in [6.07, 6.45) is 0.593. The number of halogens is 2. The predicted molar refractivity (Wildman–Crippen MR) is 60.4 cm³/mol. The molecule has 15 heavy (non-hydrogen) atoms. The largest absolute Gasteiger partial charge is 0.452 e. The van der Waals surface area contributed by atoms with E-state index in [1.54, 1.807) is 12.1 Å². The summed E-state index contributed by atoms with van der Waals surface area (Å²) in [5, 5.41) is 0.357. The Balaban J connectivity index is 2.80. The van der Waals surface area contributed by atoms with Crippen molar-refractivity contribution in [3.8, 4) is 0 Å². The molecule has 1 aromatic rings. The number of methoxy groups -OCH3 is 1. The van der Waals surface area contributed by atoms with Crippen LogP contribution in [-0.4, -0.2) is 17.6 Å². The Morgan fingerprint density at radius 1 is 1.40 bits per heavy atom. The first-order valence-electron chi connectivity index (χ1n) is 4.11. The third kappa shape index (κ3) is 3.46. The van der Waals surface area contributed by atoms with Crippen molar-refractivity contribution in [2.75, 3.05) is 7.11 Å². The second kappa shape index (κ2) is 5.63. The molecule has 1 amide bonds. The molecule has 0 aromatic heterocycles. The summed E-state index contributed by atoms with van der Waals surface area (Å²) in [5.74, 6) is 0. The summed E-state index contributed by atoms with van der Waals surface area (Å²) in [6, 6.07) is 9.15. The van der Waals surface area contributed by atoms with E-state index in [1.165, 1.54) is 13.3 Å². The summed E-state index contributed by atoms with van der Waals surface area (Å²) in [6.45, 7) is 0. The summed E-state index contributed by atoms with van der Waals surface area (Å²) in [5.41, 5.74) is 0.772. The van der Waals surface area contributed by atoms with Gasteiger partial charge in [-0.2, -0.15) is 4.42 Å². The maximum Gasteiger partial charge on any atom is 0.428 e. The first-order chi connectivity index (χ1) is 7.15. The van der Waals surface area contributed by atoms with Crippen LogP contribution in [0, 0.1) is 0 Å². The second-order valence-electron chi connectivity index (χ2n) is 2.62. The van der Waals surface area contributed by atoms with E-state index >= 15 is 0 Å². The summed E-state index contributed by atoms with van der Waals surface area (Å²) in [7, 11) is 1.24. The van der Waals surface area contributed by atoms with E-state index in [4.69, 9.17) is 23.4 Å². The minimum atomic E-state index is -0.689. The lowest BCUT2D eigenvalue weighted by Crippen LogP contribution is -2.15. The van der Waals surface area contributed by atoms with Crippen LogP contribution in [0.15, 0.2) is 36.5 Å². The highest BCUT2D eigenvalue weighted by atomic mass is 35.5. The molecule has 1 rings (SSSR count). The molecule has 0 saturated carbocycles. The quantitative estimate of drug-likeness (QED) is 0.748. The summed E-state index contributed by atoms with van der Waals surface area (Å²) < 4.78 is 5.16. The summed E-state index contributed by atoms with van der Waals surface area (Å²) in [4.78, 5) is 10.9. The third-order valence-corrected chi connectivity index (χ3v) is 2.18. The number of amides is 1. The van der Waals surface area contributed by atoms with Crippen LogP contribution in [0.2, 0.25) is 0 Å². The van der Waals surface area contributed by atoms with Crippen molar-refractivity contribution in [3.63, 3.8) is 0 Å². The van der Waals surface area contributed by atoms with Crippen LogP contribution in [0.1, 0.15) is 5.56 Å². The Morgan fingerprint density at radius 2 is 2.00 bits per heavy atom. The molecule has 0 saturated heterocycles. The smallest absolute Gasteiger partial charge is 0.428 e. The van der Waals surface area contributed by atoms with Gasteiger partial charge in [0.2, 0.25) is 0 Å². The van der Waals surface area contributed by atoms with Gasteiger partial charge in [0.1, 0.15) is 0 Å². The Morgan fingerprint density at radius 3 is 2.53 bits per heavy atom. The normalized spacial score (nSPS) is 11.0. The van der Waals surface area contributed by atoms with Crippen molar-refractivity contribution in [1.82, 2.24) is 4.42 Å². The van der Waals surface area contributed by atoms with Gasteiger partial charge < -0.3 is 4.74 Å². The number of hydrogen-bond acceptors (Lipinski definition) is 2. The fourth-order valence-electron chi connectivity index (χ4n) is 0.911. The zero-order chi connectivity index (χ0) is 11.3. The van der Waals surface area contributed by atoms with Gasteiger partial charge in [-0.05, 0) is 5.56 Å². The molecule has 0 spiro atoms. The molecule has 0 radical (unpaired) electrons. The van der Waals surface area contributed by atoms with Gasteiger partial charge in [0, 0.05) is 18.0 Å². The number of carbonyl (C=O) groups is 1. The fraction of sp³-hybridized carbons (Fsp3) is 0.100. The van der Waals surface area contributed by atoms with Gasteiger partial charge in [0.15, 0.2) is 0 Å². The monoisotopic (exact) mass is 245 g/mol. The molecule has 0 heterocycles. The molecule has 5 heteroatoms. The highest BCUT2D eigenvalue weighted by Crippen LogP contribution is 2.19. The van der Waals surface area contributed by atoms with Crippen molar-refractivity contribution in [3.05, 3.63) is 42.1 Å². The first kappa shape index (κ1) is 11.9. The van der Waals surface area contributed by atoms with Gasteiger partial charge >= 0.3 is 6.09 Å². The highest BCUT2D eigenvalue weighted by Gasteiger charge is 2.09. The number of hydrogen-bond donors (Lipinski definition) is 0. The molecule has 3 nitrogen and oxygen atoms in total. The molecule has 0 aliphatic heterocycles. The van der Waals surface area contributed by atoms with Gasteiger partial charge in [0.05, 0.1) is 12.1 Å². The standard InChI is InChI=1S/C10H9Cl2NO2/c1-15-10(14)13(12)7-9(11)8-5-3-2-4-6-8/h2-7H,1H3. The SMILES string of the molecule is COC(=O)N(Cl)C=C(Cl)c1ccccc1. The molecule has 0 aliphatic rings. The van der Waals surface area contributed by atoms with E-state index in [0.29, 0.717) is 5.03 Å². The zero-order valence-corrected chi connectivity index (χ0v) is 9.50. The van der Waals surface area contributed by atoms with Gasteiger partial charge in [-0.3, -0.25) is 0 Å². The maximum absolute atomic E-state index is 10.9. The molecule has 80 valence electrons. The van der Waals surface area contributed by atoms with Crippen molar-refractivity contribution in [1.29, 1.82) is 0 Å². The van der Waals surface area contributed by atoms with E-state index < -0.39 is 6.09 Å². The zero-order valence-electron chi connectivity index (χ0n) is 7.98. The van der Waals surface area contributed by atoms with E-state index in [-0.39, 0.29) is 0 Å². The molecule has 0 unspecified atom stereocenters. The van der Waals surface area contributed by atoms with Crippen molar-refractivity contribution in [2.45, 2.75) is 0 Å². The summed E-state index contributed by atoms with van der Waals surface area (Å²) >= 11 is 11.5. The first-order valence-corrected chi connectivity index (χ1v) is 4.82. The molecular weight excluding hydrogens is 237 g/mol. The highest BCUT2D eigenvalue weighted by molar-refractivity contribution is 6.49. The number of ether oxygens (including phenoxy) is 1. The van der Waals surface area contributed by atoms with Gasteiger partial charge in [-0.1, -0.05) is 41.9 Å². The predicted octanol–water partition coefficient (Wildman–Crippen LogP) is 3.45. The average molecular weight is 246 g/mol. The Hall–Kier alpha value is -1.19. The average Bonchev–Trinajstić information content (AvgIpc) is 2.29. The third-order valence-electron chi connectivity index (χ3n) is 1.63. The minimum absolute atomic E-state index is 0.357. The van der Waals surface area contributed by atoms with Crippen LogP contribution in [0.3, 0.4) is 0 Å². The van der Waals surface area contributed by atoms with Crippen molar-refractivity contribution in [2.24, 2.45) is 0 Å². The van der Waals surface area contributed by atoms with Crippen LogP contribution in [-0.2, 0) is 4.74 Å². The van der Waals surface area contributed by atoms with E-state index in [0.717, 1.165) is 9.98 Å². The lowest BCUT2D eigenvalue weighted by Gasteiger charge is -2.07. The van der Waals surface area contributed by atoms with E-state index in [2.05, 4.69) is 4.74 Å². The Kier molecular flexibility index (Phi) is 4.46. The number of benzene rings is 1. The molecule has 1 aromatic carbocycles. The minimum Gasteiger partial charge on any atom is -0.452 e. The molecule has 0 N–H and O–H groups in total. The van der Waals surface area contributed by atoms with E-state index in [1.807, 2.05) is 18.2 Å². The molecule has 0 bridgehead atoms. The molecular formula is C10H9Cl2NO2. The van der Waals surface area contributed by atoms with Crippen LogP contribution < -0.4 is 0 Å². The number of rotatable bonds is 2. The maximum atomic E-state index is 10.9. The lowest BCUT2D eigenvalue weighted by molar-refractivity contribution is 0.159. The van der Waals surface area contributed by atoms with Crippen molar-refractivity contribution >= 4 is 34.5 Å². The molecule has 0 atom stereocenters.